The van der Waals surface area contributed by atoms with Crippen molar-refractivity contribution >= 4 is 0 Å². The summed E-state index contributed by atoms with van der Waals surface area (Å²) in [6, 6.07) is 0.794. The molecular formula is C11H24N2O. The Labute approximate surface area is 87.4 Å². The fourth-order valence-electron chi connectivity index (χ4n) is 2.04. The standard InChI is InChI=1S/C11H24N2O/c1-5-14-10-6-9(11(10,3)4)13-7-8(2)12/h8-10,13H,5-7,12H2,1-4H3. The van der Waals surface area contributed by atoms with Gasteiger partial charge in [-0.3, -0.25) is 0 Å². The Morgan fingerprint density at radius 3 is 2.64 bits per heavy atom. The van der Waals surface area contributed by atoms with Crippen molar-refractivity contribution in [2.45, 2.75) is 52.3 Å². The van der Waals surface area contributed by atoms with Crippen molar-refractivity contribution in [3.8, 4) is 0 Å². The van der Waals surface area contributed by atoms with Crippen LogP contribution in [0, 0.1) is 5.41 Å². The normalized spacial score (nSPS) is 32.4. The minimum absolute atomic E-state index is 0.233. The van der Waals surface area contributed by atoms with Crippen LogP contribution in [0.15, 0.2) is 0 Å². The van der Waals surface area contributed by atoms with Gasteiger partial charge in [-0.25, -0.2) is 0 Å². The summed E-state index contributed by atoms with van der Waals surface area (Å²) in [6.07, 6.45) is 1.53. The zero-order valence-electron chi connectivity index (χ0n) is 9.84. The van der Waals surface area contributed by atoms with E-state index in [9.17, 15) is 0 Å². The van der Waals surface area contributed by atoms with Gasteiger partial charge in [0.25, 0.3) is 0 Å². The van der Waals surface area contributed by atoms with Gasteiger partial charge in [-0.1, -0.05) is 13.8 Å². The molecular weight excluding hydrogens is 176 g/mol. The highest BCUT2D eigenvalue weighted by molar-refractivity contribution is 5.02. The van der Waals surface area contributed by atoms with Gasteiger partial charge in [0.15, 0.2) is 0 Å². The van der Waals surface area contributed by atoms with Crippen molar-refractivity contribution in [2.75, 3.05) is 13.2 Å². The summed E-state index contributed by atoms with van der Waals surface area (Å²) in [7, 11) is 0. The third-order valence-electron chi connectivity index (χ3n) is 3.23. The number of hydrogen-bond acceptors (Lipinski definition) is 3. The van der Waals surface area contributed by atoms with E-state index in [2.05, 4.69) is 26.1 Å². The molecule has 3 N–H and O–H groups in total. The second-order valence-corrected chi connectivity index (χ2v) is 4.94. The van der Waals surface area contributed by atoms with E-state index >= 15 is 0 Å². The van der Waals surface area contributed by atoms with Gasteiger partial charge >= 0.3 is 0 Å². The third-order valence-corrected chi connectivity index (χ3v) is 3.23. The zero-order chi connectivity index (χ0) is 10.8. The van der Waals surface area contributed by atoms with Crippen LogP contribution < -0.4 is 11.1 Å². The van der Waals surface area contributed by atoms with Crippen LogP contribution in [0.5, 0.6) is 0 Å². The molecule has 0 bridgehead atoms. The second kappa shape index (κ2) is 4.60. The molecule has 0 spiro atoms. The fraction of sp³-hybridized carbons (Fsp3) is 1.00. The molecule has 0 aliphatic heterocycles. The monoisotopic (exact) mass is 200 g/mol. The molecule has 0 aromatic heterocycles. The van der Waals surface area contributed by atoms with Crippen LogP contribution in [0.25, 0.3) is 0 Å². The summed E-state index contributed by atoms with van der Waals surface area (Å²) in [6.45, 7) is 10.3. The molecule has 0 heterocycles. The third kappa shape index (κ3) is 2.47. The predicted octanol–water partition coefficient (Wildman–Crippen LogP) is 1.13. The molecule has 14 heavy (non-hydrogen) atoms. The molecule has 0 aromatic rings. The van der Waals surface area contributed by atoms with Crippen LogP contribution in [0.2, 0.25) is 0 Å². The zero-order valence-corrected chi connectivity index (χ0v) is 9.84. The Morgan fingerprint density at radius 2 is 2.21 bits per heavy atom. The minimum atomic E-state index is 0.233. The molecule has 0 aromatic carbocycles. The maximum atomic E-state index is 5.71. The van der Waals surface area contributed by atoms with Crippen LogP contribution in [-0.2, 0) is 4.74 Å². The summed E-state index contributed by atoms with van der Waals surface area (Å²) >= 11 is 0. The quantitative estimate of drug-likeness (QED) is 0.699. The summed E-state index contributed by atoms with van der Waals surface area (Å²) in [4.78, 5) is 0. The van der Waals surface area contributed by atoms with Gasteiger partial charge in [-0.2, -0.15) is 0 Å². The Bertz CT molecular complexity index is 180. The van der Waals surface area contributed by atoms with E-state index in [4.69, 9.17) is 10.5 Å². The van der Waals surface area contributed by atoms with Gasteiger partial charge in [-0.05, 0) is 20.3 Å². The van der Waals surface area contributed by atoms with Crippen LogP contribution in [0.4, 0.5) is 0 Å². The summed E-state index contributed by atoms with van der Waals surface area (Å²) in [5.74, 6) is 0. The van der Waals surface area contributed by atoms with Crippen molar-refractivity contribution in [1.82, 2.24) is 5.32 Å². The van der Waals surface area contributed by atoms with Gasteiger partial charge in [0.1, 0.15) is 0 Å². The average Bonchev–Trinajstić information content (AvgIpc) is 2.09. The molecule has 0 saturated heterocycles. The summed E-state index contributed by atoms with van der Waals surface area (Å²) < 4.78 is 5.66. The highest BCUT2D eigenvalue weighted by Crippen LogP contribution is 2.42. The topological polar surface area (TPSA) is 47.3 Å². The van der Waals surface area contributed by atoms with Crippen LogP contribution in [0.3, 0.4) is 0 Å². The number of ether oxygens (including phenoxy) is 1. The lowest BCUT2D eigenvalue weighted by molar-refractivity contribution is -0.114. The molecule has 0 amide bonds. The van der Waals surface area contributed by atoms with Crippen LogP contribution in [-0.4, -0.2) is 31.3 Å². The molecule has 1 saturated carbocycles. The molecule has 1 aliphatic rings. The van der Waals surface area contributed by atoms with E-state index in [1.807, 2.05) is 6.92 Å². The Balaban J connectivity index is 2.31. The van der Waals surface area contributed by atoms with Crippen LogP contribution >= 0.6 is 0 Å². The first-order valence-corrected chi connectivity index (χ1v) is 5.59. The lowest BCUT2D eigenvalue weighted by atomic mass is 9.64. The van der Waals surface area contributed by atoms with Gasteiger partial charge in [-0.15, -0.1) is 0 Å². The first-order chi connectivity index (χ1) is 6.48. The summed E-state index contributed by atoms with van der Waals surface area (Å²) in [5.41, 5.74) is 5.96. The summed E-state index contributed by atoms with van der Waals surface area (Å²) in [5, 5.41) is 3.49. The van der Waals surface area contributed by atoms with Crippen LogP contribution in [0.1, 0.15) is 34.1 Å². The Kier molecular flexibility index (Phi) is 3.93. The molecule has 0 radical (unpaired) electrons. The van der Waals surface area contributed by atoms with Crippen molar-refractivity contribution in [3.63, 3.8) is 0 Å². The highest BCUT2D eigenvalue weighted by atomic mass is 16.5. The van der Waals surface area contributed by atoms with E-state index < -0.39 is 0 Å². The second-order valence-electron chi connectivity index (χ2n) is 4.94. The maximum Gasteiger partial charge on any atom is 0.0655 e. The smallest absolute Gasteiger partial charge is 0.0655 e. The van der Waals surface area contributed by atoms with E-state index in [1.54, 1.807) is 0 Å². The van der Waals surface area contributed by atoms with Crippen molar-refractivity contribution in [3.05, 3.63) is 0 Å². The lowest BCUT2D eigenvalue weighted by Crippen LogP contribution is -2.62. The number of nitrogens with one attached hydrogen (secondary N) is 1. The van der Waals surface area contributed by atoms with Crippen molar-refractivity contribution < 1.29 is 4.74 Å². The number of hydrogen-bond donors (Lipinski definition) is 2. The molecule has 3 nitrogen and oxygen atoms in total. The number of nitrogens with two attached hydrogens (primary N) is 1. The molecule has 1 fully saturated rings. The lowest BCUT2D eigenvalue weighted by Gasteiger charge is -2.52. The first-order valence-electron chi connectivity index (χ1n) is 5.59. The van der Waals surface area contributed by atoms with E-state index in [0.29, 0.717) is 12.1 Å². The van der Waals surface area contributed by atoms with Gasteiger partial charge in [0.05, 0.1) is 6.10 Å². The highest BCUT2D eigenvalue weighted by Gasteiger charge is 2.48. The minimum Gasteiger partial charge on any atom is -0.378 e. The average molecular weight is 200 g/mol. The molecule has 3 heteroatoms. The molecule has 1 aliphatic carbocycles. The van der Waals surface area contributed by atoms with Crippen molar-refractivity contribution in [1.29, 1.82) is 0 Å². The Hall–Kier alpha value is -0.120. The molecule has 3 unspecified atom stereocenters. The van der Waals surface area contributed by atoms with E-state index in [-0.39, 0.29) is 11.5 Å². The maximum absolute atomic E-state index is 5.71. The fourth-order valence-corrected chi connectivity index (χ4v) is 2.04. The molecule has 84 valence electrons. The van der Waals surface area contributed by atoms with Crippen molar-refractivity contribution in [2.24, 2.45) is 11.1 Å². The van der Waals surface area contributed by atoms with Gasteiger partial charge in [0, 0.05) is 30.7 Å². The SMILES string of the molecule is CCOC1CC(NCC(C)N)C1(C)C. The van der Waals surface area contributed by atoms with E-state index in [0.717, 1.165) is 19.6 Å². The Morgan fingerprint density at radius 1 is 1.57 bits per heavy atom. The first kappa shape index (κ1) is 12.0. The van der Waals surface area contributed by atoms with Gasteiger partial charge < -0.3 is 15.8 Å². The predicted molar refractivity (Wildman–Crippen MR) is 59.3 cm³/mol. The van der Waals surface area contributed by atoms with Gasteiger partial charge in [0.2, 0.25) is 0 Å². The largest absolute Gasteiger partial charge is 0.378 e. The number of rotatable bonds is 5. The molecule has 1 rings (SSSR count). The van der Waals surface area contributed by atoms with E-state index in [1.165, 1.54) is 0 Å². The molecule has 3 atom stereocenters.